The van der Waals surface area contributed by atoms with Gasteiger partial charge in [-0.2, -0.15) is 0 Å². The molecule has 146 valence electrons. The molecule has 2 aromatic heterocycles. The first-order valence-corrected chi connectivity index (χ1v) is 10.1. The van der Waals surface area contributed by atoms with Gasteiger partial charge in [-0.15, -0.1) is 16.4 Å². The summed E-state index contributed by atoms with van der Waals surface area (Å²) in [7, 11) is 0. The molecule has 7 nitrogen and oxygen atoms in total. The van der Waals surface area contributed by atoms with Crippen LogP contribution in [-0.2, 0) is 6.54 Å². The largest absolute Gasteiger partial charge is 0.336 e. The van der Waals surface area contributed by atoms with Crippen molar-refractivity contribution in [3.63, 3.8) is 0 Å². The number of benzene rings is 1. The minimum Gasteiger partial charge on any atom is -0.336 e. The fraction of sp³-hybridized carbons (Fsp3) is 0.368. The molecular formula is C19H21FN6OS. The molecule has 1 aromatic carbocycles. The zero-order valence-electron chi connectivity index (χ0n) is 15.6. The van der Waals surface area contributed by atoms with Crippen LogP contribution in [0.4, 0.5) is 4.39 Å². The van der Waals surface area contributed by atoms with E-state index in [1.807, 2.05) is 17.3 Å². The molecule has 0 N–H and O–H groups in total. The summed E-state index contributed by atoms with van der Waals surface area (Å²) in [6.45, 7) is 5.69. The molecule has 28 heavy (non-hydrogen) atoms. The molecule has 3 heterocycles. The van der Waals surface area contributed by atoms with Gasteiger partial charge in [0.1, 0.15) is 5.82 Å². The Balaban J connectivity index is 1.45. The number of halogens is 1. The molecule has 1 fully saturated rings. The molecule has 1 amide bonds. The van der Waals surface area contributed by atoms with Crippen LogP contribution in [0.1, 0.15) is 28.3 Å². The molecule has 1 saturated heterocycles. The Morgan fingerprint density at radius 1 is 1.18 bits per heavy atom. The molecule has 0 spiro atoms. The first-order valence-electron chi connectivity index (χ1n) is 9.19. The van der Waals surface area contributed by atoms with Crippen molar-refractivity contribution in [3.05, 3.63) is 58.1 Å². The van der Waals surface area contributed by atoms with E-state index in [1.165, 1.54) is 12.1 Å². The number of hydrogen-bond acceptors (Lipinski definition) is 6. The van der Waals surface area contributed by atoms with E-state index < -0.39 is 0 Å². The molecule has 0 atom stereocenters. The van der Waals surface area contributed by atoms with Gasteiger partial charge in [0.05, 0.1) is 22.6 Å². The lowest BCUT2D eigenvalue weighted by molar-refractivity contribution is 0.0754. The maximum atomic E-state index is 13.2. The van der Waals surface area contributed by atoms with E-state index in [0.29, 0.717) is 30.2 Å². The van der Waals surface area contributed by atoms with Gasteiger partial charge in [0.25, 0.3) is 5.91 Å². The second-order valence-corrected chi connectivity index (χ2v) is 7.53. The van der Waals surface area contributed by atoms with E-state index in [1.54, 1.807) is 28.2 Å². The Bertz CT molecular complexity index is 940. The van der Waals surface area contributed by atoms with E-state index in [-0.39, 0.29) is 11.7 Å². The van der Waals surface area contributed by atoms with Crippen LogP contribution in [0.2, 0.25) is 0 Å². The fourth-order valence-electron chi connectivity index (χ4n) is 3.38. The first-order chi connectivity index (χ1) is 13.6. The average Bonchev–Trinajstić information content (AvgIpc) is 3.27. The second-order valence-electron chi connectivity index (χ2n) is 6.81. The molecule has 0 bridgehead atoms. The van der Waals surface area contributed by atoms with Gasteiger partial charge in [-0.05, 0) is 37.6 Å². The quantitative estimate of drug-likeness (QED) is 0.673. The van der Waals surface area contributed by atoms with Gasteiger partial charge in [-0.3, -0.25) is 9.69 Å². The normalized spacial score (nSPS) is 15.6. The lowest BCUT2D eigenvalue weighted by Crippen LogP contribution is -2.35. The lowest BCUT2D eigenvalue weighted by Gasteiger charge is -2.21. The van der Waals surface area contributed by atoms with E-state index in [9.17, 15) is 9.18 Å². The summed E-state index contributed by atoms with van der Waals surface area (Å²) in [5.41, 5.74) is 4.59. The standard InChI is InChI=1S/C19H21FN6OS/c1-14-18(22-23-26(14)17-5-3-15(20)4-6-17)19(27)25-8-2-7-24(9-10-25)11-16-12-28-13-21-16/h3-6,12-13H,2,7-11H2,1H3. The van der Waals surface area contributed by atoms with Crippen LogP contribution in [0.3, 0.4) is 0 Å². The van der Waals surface area contributed by atoms with Crippen molar-refractivity contribution >= 4 is 17.2 Å². The van der Waals surface area contributed by atoms with Gasteiger partial charge in [-0.1, -0.05) is 5.21 Å². The SMILES string of the molecule is Cc1c(C(=O)N2CCCN(Cc3cscn3)CC2)nnn1-c1ccc(F)cc1. The number of rotatable bonds is 4. The summed E-state index contributed by atoms with van der Waals surface area (Å²) in [4.78, 5) is 21.5. The smallest absolute Gasteiger partial charge is 0.276 e. The minimum atomic E-state index is -0.315. The van der Waals surface area contributed by atoms with Crippen molar-refractivity contribution in [1.29, 1.82) is 0 Å². The van der Waals surface area contributed by atoms with Crippen molar-refractivity contribution in [1.82, 2.24) is 29.8 Å². The van der Waals surface area contributed by atoms with Crippen LogP contribution in [0, 0.1) is 12.7 Å². The van der Waals surface area contributed by atoms with Crippen molar-refractivity contribution in [2.24, 2.45) is 0 Å². The lowest BCUT2D eigenvalue weighted by atomic mass is 10.2. The average molecular weight is 400 g/mol. The first kappa shape index (κ1) is 18.7. The molecule has 9 heteroatoms. The molecule has 3 aromatic rings. The fourth-order valence-corrected chi connectivity index (χ4v) is 3.93. The van der Waals surface area contributed by atoms with Gasteiger partial charge >= 0.3 is 0 Å². The van der Waals surface area contributed by atoms with Crippen LogP contribution in [0.15, 0.2) is 35.2 Å². The monoisotopic (exact) mass is 400 g/mol. The summed E-state index contributed by atoms with van der Waals surface area (Å²) < 4.78 is 14.7. The minimum absolute atomic E-state index is 0.110. The van der Waals surface area contributed by atoms with Crippen LogP contribution in [0.5, 0.6) is 0 Å². The molecule has 0 aliphatic carbocycles. The van der Waals surface area contributed by atoms with Crippen molar-refractivity contribution in [2.75, 3.05) is 26.2 Å². The summed E-state index contributed by atoms with van der Waals surface area (Å²) in [5, 5.41) is 10.3. The topological polar surface area (TPSA) is 67.2 Å². The molecule has 1 aliphatic heterocycles. The number of amides is 1. The van der Waals surface area contributed by atoms with E-state index in [4.69, 9.17) is 0 Å². The maximum absolute atomic E-state index is 13.2. The van der Waals surface area contributed by atoms with Crippen LogP contribution in [-0.4, -0.2) is 61.9 Å². The highest BCUT2D eigenvalue weighted by molar-refractivity contribution is 7.07. The zero-order chi connectivity index (χ0) is 19.5. The van der Waals surface area contributed by atoms with Crippen LogP contribution in [0.25, 0.3) is 5.69 Å². The third-order valence-electron chi connectivity index (χ3n) is 4.91. The van der Waals surface area contributed by atoms with Crippen LogP contribution < -0.4 is 0 Å². The highest BCUT2D eigenvalue weighted by atomic mass is 32.1. The number of carbonyl (C=O) groups excluding carboxylic acids is 1. The highest BCUT2D eigenvalue weighted by Crippen LogP contribution is 2.16. The molecule has 0 saturated carbocycles. The third kappa shape index (κ3) is 3.95. The predicted molar refractivity (Wildman–Crippen MR) is 104 cm³/mol. The molecule has 1 aliphatic rings. The Hall–Kier alpha value is -2.65. The summed E-state index contributed by atoms with van der Waals surface area (Å²) in [5.74, 6) is -0.425. The summed E-state index contributed by atoms with van der Waals surface area (Å²) in [6.07, 6.45) is 0.904. The number of nitrogens with zero attached hydrogens (tertiary/aromatic N) is 6. The van der Waals surface area contributed by atoms with Crippen molar-refractivity contribution in [3.8, 4) is 5.69 Å². The summed E-state index contributed by atoms with van der Waals surface area (Å²) >= 11 is 1.60. The zero-order valence-corrected chi connectivity index (χ0v) is 16.4. The summed E-state index contributed by atoms with van der Waals surface area (Å²) in [6, 6.07) is 5.97. The Kier molecular flexibility index (Phi) is 5.45. The van der Waals surface area contributed by atoms with Crippen molar-refractivity contribution in [2.45, 2.75) is 19.9 Å². The van der Waals surface area contributed by atoms with E-state index in [2.05, 4.69) is 25.6 Å². The van der Waals surface area contributed by atoms with Gasteiger partial charge in [0.15, 0.2) is 5.69 Å². The van der Waals surface area contributed by atoms with Gasteiger partial charge in [0.2, 0.25) is 0 Å². The van der Waals surface area contributed by atoms with Gasteiger partial charge < -0.3 is 4.90 Å². The van der Waals surface area contributed by atoms with Crippen LogP contribution >= 0.6 is 11.3 Å². The third-order valence-corrected chi connectivity index (χ3v) is 5.55. The second kappa shape index (κ2) is 8.15. The van der Waals surface area contributed by atoms with E-state index in [0.717, 1.165) is 31.7 Å². The Morgan fingerprint density at radius 3 is 2.75 bits per heavy atom. The molecule has 4 rings (SSSR count). The van der Waals surface area contributed by atoms with Crippen molar-refractivity contribution < 1.29 is 9.18 Å². The number of thiazole rings is 1. The van der Waals surface area contributed by atoms with Gasteiger partial charge in [0, 0.05) is 38.1 Å². The number of hydrogen-bond donors (Lipinski definition) is 0. The maximum Gasteiger partial charge on any atom is 0.276 e. The van der Waals surface area contributed by atoms with Gasteiger partial charge in [-0.25, -0.2) is 14.1 Å². The number of aromatic nitrogens is 4. The Morgan fingerprint density at radius 2 is 2.00 bits per heavy atom. The predicted octanol–water partition coefficient (Wildman–Crippen LogP) is 2.52. The number of carbonyl (C=O) groups is 1. The molecule has 0 unspecified atom stereocenters. The highest BCUT2D eigenvalue weighted by Gasteiger charge is 2.25. The molecular weight excluding hydrogens is 379 g/mol. The van der Waals surface area contributed by atoms with E-state index >= 15 is 0 Å². The molecule has 0 radical (unpaired) electrons. The Labute approximate surface area is 166 Å².